The Morgan fingerprint density at radius 1 is 1.18 bits per heavy atom. The molecule has 1 rings (SSSR count). The Hall–Kier alpha value is -0.810. The molecular formula is C14H17ClF3O3P. The van der Waals surface area contributed by atoms with Crippen molar-refractivity contribution >= 4 is 24.8 Å². The Balaban J connectivity index is 3.12. The lowest BCUT2D eigenvalue weighted by Gasteiger charge is -2.17. The van der Waals surface area contributed by atoms with Gasteiger partial charge in [0.15, 0.2) is 0 Å². The number of benzene rings is 1. The third-order valence-electron chi connectivity index (χ3n) is 2.63. The summed E-state index contributed by atoms with van der Waals surface area (Å²) in [6.07, 6.45) is -4.20. The summed E-state index contributed by atoms with van der Waals surface area (Å²) in [6, 6.07) is 5.24. The van der Waals surface area contributed by atoms with Gasteiger partial charge in [-0.2, -0.15) is 13.2 Å². The van der Waals surface area contributed by atoms with Crippen LogP contribution < -0.4 is 0 Å². The highest BCUT2D eigenvalue weighted by molar-refractivity contribution is 7.54. The predicted molar refractivity (Wildman–Crippen MR) is 81.2 cm³/mol. The van der Waals surface area contributed by atoms with E-state index >= 15 is 0 Å². The van der Waals surface area contributed by atoms with E-state index in [1.54, 1.807) is 13.8 Å². The van der Waals surface area contributed by atoms with Gasteiger partial charge in [-0.15, -0.1) is 0 Å². The van der Waals surface area contributed by atoms with Crippen molar-refractivity contribution in [3.8, 4) is 0 Å². The molecule has 1 aromatic carbocycles. The number of halogens is 4. The van der Waals surface area contributed by atoms with Gasteiger partial charge in [0, 0.05) is 5.02 Å². The average Bonchev–Trinajstić information content (AvgIpc) is 2.40. The molecule has 0 radical (unpaired) electrons. The first-order valence-electron chi connectivity index (χ1n) is 6.63. The molecule has 0 unspecified atom stereocenters. The summed E-state index contributed by atoms with van der Waals surface area (Å²) in [5.41, 5.74) is -0.958. The minimum absolute atomic E-state index is 0.0588. The predicted octanol–water partition coefficient (Wildman–Crippen LogP) is 5.55. The van der Waals surface area contributed by atoms with Gasteiger partial charge in [0.05, 0.1) is 24.9 Å². The second-order valence-electron chi connectivity index (χ2n) is 4.25. The van der Waals surface area contributed by atoms with Crippen molar-refractivity contribution in [3.05, 3.63) is 40.9 Å². The summed E-state index contributed by atoms with van der Waals surface area (Å²) in [5, 5.41) is 0.333. The van der Waals surface area contributed by atoms with Gasteiger partial charge in [-0.3, -0.25) is 4.57 Å². The third kappa shape index (κ3) is 5.76. The molecule has 0 aliphatic heterocycles. The Morgan fingerprint density at radius 3 is 2.09 bits per heavy atom. The van der Waals surface area contributed by atoms with Crippen molar-refractivity contribution in [2.24, 2.45) is 0 Å². The fourth-order valence-corrected chi connectivity index (χ4v) is 3.37. The molecule has 0 aromatic heterocycles. The van der Waals surface area contributed by atoms with E-state index in [0.717, 1.165) is 6.08 Å². The zero-order chi connectivity index (χ0) is 16.8. The number of allylic oxidation sites excluding steroid dienone is 2. The molecule has 0 spiro atoms. The fraction of sp³-hybridized carbons (Fsp3) is 0.429. The van der Waals surface area contributed by atoms with Crippen molar-refractivity contribution in [1.29, 1.82) is 0 Å². The van der Waals surface area contributed by atoms with Crippen molar-refractivity contribution in [2.45, 2.75) is 20.0 Å². The van der Waals surface area contributed by atoms with Gasteiger partial charge in [0.25, 0.3) is 0 Å². The quantitative estimate of drug-likeness (QED) is 0.601. The second-order valence-corrected chi connectivity index (χ2v) is 6.79. The van der Waals surface area contributed by atoms with Gasteiger partial charge < -0.3 is 9.05 Å². The van der Waals surface area contributed by atoms with Crippen molar-refractivity contribution in [2.75, 3.05) is 19.4 Å². The van der Waals surface area contributed by atoms with Crippen LogP contribution >= 0.6 is 19.2 Å². The van der Waals surface area contributed by atoms with Crippen molar-refractivity contribution < 1.29 is 26.8 Å². The van der Waals surface area contributed by atoms with Crippen LogP contribution in [0.15, 0.2) is 30.3 Å². The lowest BCUT2D eigenvalue weighted by atomic mass is 10.1. The molecule has 22 heavy (non-hydrogen) atoms. The van der Waals surface area contributed by atoms with Crippen LogP contribution in [-0.2, 0) is 13.6 Å². The molecule has 0 aliphatic carbocycles. The van der Waals surface area contributed by atoms with E-state index in [9.17, 15) is 17.7 Å². The highest BCUT2D eigenvalue weighted by atomic mass is 35.5. The summed E-state index contributed by atoms with van der Waals surface area (Å²) >= 11 is 5.68. The van der Waals surface area contributed by atoms with E-state index in [1.807, 2.05) is 0 Å². The molecular weight excluding hydrogens is 340 g/mol. The minimum Gasteiger partial charge on any atom is -0.309 e. The Kier molecular flexibility index (Phi) is 7.13. The summed E-state index contributed by atoms with van der Waals surface area (Å²) in [6.45, 7) is 3.37. The lowest BCUT2D eigenvalue weighted by molar-refractivity contribution is -0.0689. The maximum atomic E-state index is 13.2. The first-order chi connectivity index (χ1) is 10.2. The van der Waals surface area contributed by atoms with Crippen molar-refractivity contribution in [1.82, 2.24) is 0 Å². The molecule has 0 N–H and O–H groups in total. The second kappa shape index (κ2) is 8.16. The third-order valence-corrected chi connectivity index (χ3v) is 4.82. The molecule has 0 amide bonds. The van der Waals surface area contributed by atoms with E-state index in [-0.39, 0.29) is 18.8 Å². The van der Waals surface area contributed by atoms with Gasteiger partial charge in [-0.25, -0.2) is 0 Å². The van der Waals surface area contributed by atoms with Gasteiger partial charge in [-0.05, 0) is 31.5 Å². The fourth-order valence-electron chi connectivity index (χ4n) is 1.77. The molecule has 0 saturated carbocycles. The smallest absolute Gasteiger partial charge is 0.309 e. The Labute approximate surface area is 132 Å². The monoisotopic (exact) mass is 356 g/mol. The van der Waals surface area contributed by atoms with E-state index in [2.05, 4.69) is 0 Å². The molecule has 0 heterocycles. The molecule has 124 valence electrons. The number of alkyl halides is 3. The van der Waals surface area contributed by atoms with E-state index in [4.69, 9.17) is 20.6 Å². The summed E-state index contributed by atoms with van der Waals surface area (Å²) < 4.78 is 61.8. The molecule has 0 aliphatic rings. The summed E-state index contributed by atoms with van der Waals surface area (Å²) in [5.74, 6) is 0. The molecule has 0 fully saturated rings. The molecule has 0 atom stereocenters. The van der Waals surface area contributed by atoms with E-state index < -0.39 is 25.5 Å². The standard InChI is InChI=1S/C14H17ClF3O3P/c1-3-20-22(19,21-4-2)10-9-13(14(16,17)18)11-5-7-12(15)8-6-11/h5-9H,3-4,10H2,1-2H3/b13-9-. The number of hydrogen-bond acceptors (Lipinski definition) is 3. The van der Waals surface area contributed by atoms with Crippen LogP contribution in [0.25, 0.3) is 5.57 Å². The molecule has 0 saturated heterocycles. The average molecular weight is 357 g/mol. The molecule has 0 bridgehead atoms. The Morgan fingerprint density at radius 2 is 1.68 bits per heavy atom. The van der Waals surface area contributed by atoms with Crippen LogP contribution in [0.1, 0.15) is 19.4 Å². The molecule has 1 aromatic rings. The number of hydrogen-bond donors (Lipinski definition) is 0. The first kappa shape index (κ1) is 19.2. The van der Waals surface area contributed by atoms with Gasteiger partial charge in [0.2, 0.25) is 0 Å². The minimum atomic E-state index is -4.59. The van der Waals surface area contributed by atoms with Crippen LogP contribution in [0.4, 0.5) is 13.2 Å². The van der Waals surface area contributed by atoms with Crippen LogP contribution in [-0.4, -0.2) is 25.6 Å². The van der Waals surface area contributed by atoms with E-state index in [1.165, 1.54) is 24.3 Å². The van der Waals surface area contributed by atoms with Gasteiger partial charge in [0.1, 0.15) is 0 Å². The normalized spacial score (nSPS) is 13.5. The summed E-state index contributed by atoms with van der Waals surface area (Å²) in [4.78, 5) is 0. The van der Waals surface area contributed by atoms with Crippen LogP contribution in [0.2, 0.25) is 5.02 Å². The highest BCUT2D eigenvalue weighted by Gasteiger charge is 2.35. The number of rotatable bonds is 7. The van der Waals surface area contributed by atoms with Gasteiger partial charge in [-0.1, -0.05) is 29.8 Å². The highest BCUT2D eigenvalue weighted by Crippen LogP contribution is 2.49. The largest absolute Gasteiger partial charge is 0.416 e. The molecule has 3 nitrogen and oxygen atoms in total. The summed E-state index contributed by atoms with van der Waals surface area (Å²) in [7, 11) is -3.58. The van der Waals surface area contributed by atoms with E-state index in [0.29, 0.717) is 5.02 Å². The molecule has 8 heteroatoms. The Bertz CT molecular complexity index is 545. The van der Waals surface area contributed by atoms with Crippen LogP contribution in [0.5, 0.6) is 0 Å². The maximum absolute atomic E-state index is 13.2. The SMILES string of the molecule is CCOP(=O)(C/C=C(/c1ccc(Cl)cc1)C(F)(F)F)OCC. The first-order valence-corrected chi connectivity index (χ1v) is 8.74. The van der Waals surface area contributed by atoms with Crippen LogP contribution in [0, 0.1) is 0 Å². The maximum Gasteiger partial charge on any atom is 0.416 e. The zero-order valence-corrected chi connectivity index (χ0v) is 13.8. The zero-order valence-electron chi connectivity index (χ0n) is 12.2. The van der Waals surface area contributed by atoms with Crippen LogP contribution in [0.3, 0.4) is 0 Å². The topological polar surface area (TPSA) is 35.5 Å². The van der Waals surface area contributed by atoms with Gasteiger partial charge >= 0.3 is 13.8 Å². The van der Waals surface area contributed by atoms with Crippen molar-refractivity contribution in [3.63, 3.8) is 0 Å². The lowest BCUT2D eigenvalue weighted by Crippen LogP contribution is -2.12.